The van der Waals surface area contributed by atoms with Crippen LogP contribution in [0.1, 0.15) is 55.5 Å². The second kappa shape index (κ2) is 12.2. The van der Waals surface area contributed by atoms with E-state index in [0.717, 1.165) is 16.7 Å². The minimum Gasteiger partial charge on any atom is -0.394 e. The van der Waals surface area contributed by atoms with Gasteiger partial charge in [0.15, 0.2) is 0 Å². The summed E-state index contributed by atoms with van der Waals surface area (Å²) in [5.41, 5.74) is 1.66. The monoisotopic (exact) mass is 463 g/mol. The van der Waals surface area contributed by atoms with Crippen molar-refractivity contribution in [3.05, 3.63) is 108 Å². The fraction of sp³-hybridized carbons (Fsp3) is 0.379. The highest BCUT2D eigenvalue weighted by Gasteiger charge is 2.46. The van der Waals surface area contributed by atoms with Gasteiger partial charge in [-0.05, 0) is 29.5 Å². The van der Waals surface area contributed by atoms with Gasteiger partial charge in [-0.25, -0.2) is 0 Å². The van der Waals surface area contributed by atoms with E-state index < -0.39 is 25.4 Å². The summed E-state index contributed by atoms with van der Waals surface area (Å²) < 4.78 is 0. The second-order valence-corrected chi connectivity index (χ2v) is 9.22. The van der Waals surface area contributed by atoms with E-state index in [1.807, 2.05) is 85.8 Å². The van der Waals surface area contributed by atoms with Crippen molar-refractivity contribution in [3.63, 3.8) is 0 Å². The Morgan fingerprint density at radius 2 is 1.06 bits per heavy atom. The van der Waals surface area contributed by atoms with E-state index >= 15 is 0 Å². The number of aliphatic hydroxyl groups is 3. The van der Waals surface area contributed by atoms with Crippen molar-refractivity contribution < 1.29 is 20.2 Å². The molecule has 0 aromatic heterocycles. The van der Waals surface area contributed by atoms with Crippen LogP contribution in [0.15, 0.2) is 91.0 Å². The van der Waals surface area contributed by atoms with E-state index in [9.17, 15) is 15.3 Å². The Bertz CT molecular complexity index is 953. The quantitative estimate of drug-likeness (QED) is 0.334. The molecule has 3 N–H and O–H groups in total. The van der Waals surface area contributed by atoms with Gasteiger partial charge in [0, 0.05) is 5.92 Å². The molecule has 0 aliphatic rings. The van der Waals surface area contributed by atoms with Gasteiger partial charge >= 0.3 is 0 Å². The number of hydrogen-bond donors (Lipinski definition) is 3. The lowest BCUT2D eigenvalue weighted by molar-refractivity contribution is -0.302. The van der Waals surface area contributed by atoms with Crippen LogP contribution < -0.4 is 0 Å². The maximum atomic E-state index is 10.5. The average molecular weight is 464 g/mol. The first-order valence-corrected chi connectivity index (χ1v) is 11.9. The molecule has 182 valence electrons. The number of hydrogen-bond acceptors (Lipinski definition) is 5. The Kier molecular flexibility index (Phi) is 9.39. The molecule has 0 aliphatic carbocycles. The highest BCUT2D eigenvalue weighted by atomic mass is 16.7. The standard InChI is InChI=1S/C29H37NO4/c1-22(2)27(25-15-9-5-10-16-25)28(26-17-11-6-12-18-26)30(29(19-31,20-32)21-33)34-23(3)24-13-7-4-8-14-24/h4-18,22-23,27-28,31-33H,19-21H2,1-3H3. The van der Waals surface area contributed by atoms with Crippen LogP contribution in [0.3, 0.4) is 0 Å². The van der Waals surface area contributed by atoms with Crippen LogP contribution in [0.25, 0.3) is 0 Å². The third kappa shape index (κ3) is 5.74. The smallest absolute Gasteiger partial charge is 0.116 e. The number of benzene rings is 3. The fourth-order valence-electron chi connectivity index (χ4n) is 4.53. The lowest BCUT2D eigenvalue weighted by Crippen LogP contribution is -2.59. The maximum Gasteiger partial charge on any atom is 0.116 e. The molecule has 0 aliphatic heterocycles. The molecule has 5 heteroatoms. The Morgan fingerprint density at radius 3 is 1.47 bits per heavy atom. The van der Waals surface area contributed by atoms with E-state index in [1.165, 1.54) is 0 Å². The molecule has 0 saturated carbocycles. The second-order valence-electron chi connectivity index (χ2n) is 9.22. The van der Waals surface area contributed by atoms with Crippen molar-refractivity contribution in [1.82, 2.24) is 5.06 Å². The van der Waals surface area contributed by atoms with Crippen molar-refractivity contribution in [3.8, 4) is 0 Å². The summed E-state index contributed by atoms with van der Waals surface area (Å²) in [5.74, 6) is 0.148. The average Bonchev–Trinajstić information content (AvgIpc) is 2.89. The van der Waals surface area contributed by atoms with Gasteiger partial charge < -0.3 is 15.3 Å². The van der Waals surface area contributed by atoms with Crippen LogP contribution in [0.2, 0.25) is 0 Å². The molecule has 5 nitrogen and oxygen atoms in total. The van der Waals surface area contributed by atoms with Gasteiger partial charge in [-0.1, -0.05) is 105 Å². The summed E-state index contributed by atoms with van der Waals surface area (Å²) in [6.07, 6.45) is -0.375. The van der Waals surface area contributed by atoms with E-state index in [-0.39, 0.29) is 24.0 Å². The van der Waals surface area contributed by atoms with Gasteiger partial charge in [-0.3, -0.25) is 4.84 Å². The summed E-state index contributed by atoms with van der Waals surface area (Å²) >= 11 is 0. The lowest BCUT2D eigenvalue weighted by Gasteiger charge is -2.48. The van der Waals surface area contributed by atoms with Crippen LogP contribution in [0.4, 0.5) is 0 Å². The topological polar surface area (TPSA) is 73.2 Å². The largest absolute Gasteiger partial charge is 0.394 e. The molecule has 0 bridgehead atoms. The molecule has 3 atom stereocenters. The lowest BCUT2D eigenvalue weighted by atomic mass is 9.78. The van der Waals surface area contributed by atoms with E-state index in [2.05, 4.69) is 26.0 Å². The first-order valence-electron chi connectivity index (χ1n) is 11.9. The molecule has 3 aromatic carbocycles. The van der Waals surface area contributed by atoms with E-state index in [4.69, 9.17) is 4.84 Å². The molecule has 0 fully saturated rings. The third-order valence-electron chi connectivity index (χ3n) is 6.53. The summed E-state index contributed by atoms with van der Waals surface area (Å²) in [6.45, 7) is 4.85. The van der Waals surface area contributed by atoms with Crippen molar-refractivity contribution in [2.45, 2.75) is 44.4 Å². The zero-order valence-electron chi connectivity index (χ0n) is 20.3. The molecular weight excluding hydrogens is 426 g/mol. The molecule has 0 saturated heterocycles. The number of hydroxylamine groups is 2. The fourth-order valence-corrected chi connectivity index (χ4v) is 4.53. The molecule has 0 radical (unpaired) electrons. The molecule has 34 heavy (non-hydrogen) atoms. The van der Waals surface area contributed by atoms with Crippen molar-refractivity contribution in [2.24, 2.45) is 5.92 Å². The molecule has 3 unspecified atom stereocenters. The molecule has 0 spiro atoms. The van der Waals surface area contributed by atoms with Crippen molar-refractivity contribution in [2.75, 3.05) is 19.8 Å². The molecule has 0 heterocycles. The maximum absolute atomic E-state index is 10.5. The minimum absolute atomic E-state index is 0.0457. The minimum atomic E-state index is -1.40. The summed E-state index contributed by atoms with van der Waals surface area (Å²) in [7, 11) is 0. The summed E-state index contributed by atoms with van der Waals surface area (Å²) in [4.78, 5) is 6.60. The predicted molar refractivity (Wildman–Crippen MR) is 135 cm³/mol. The highest BCUT2D eigenvalue weighted by Crippen LogP contribution is 2.45. The first kappa shape index (κ1) is 26.1. The van der Waals surface area contributed by atoms with Gasteiger partial charge in [0.2, 0.25) is 0 Å². The molecule has 3 rings (SSSR count). The van der Waals surface area contributed by atoms with Crippen molar-refractivity contribution in [1.29, 1.82) is 0 Å². The number of rotatable bonds is 12. The Hall–Kier alpha value is -2.54. The molecule has 3 aromatic rings. The number of nitrogens with zero attached hydrogens (tertiary/aromatic N) is 1. The SMILES string of the molecule is CC(ON(C(c1ccccc1)C(c1ccccc1)C(C)C)C(CO)(CO)CO)c1ccccc1. The van der Waals surface area contributed by atoms with E-state index in [0.29, 0.717) is 0 Å². The van der Waals surface area contributed by atoms with Gasteiger partial charge in [0.25, 0.3) is 0 Å². The van der Waals surface area contributed by atoms with E-state index in [1.54, 1.807) is 5.06 Å². The van der Waals surface area contributed by atoms with Crippen LogP contribution in [0.5, 0.6) is 0 Å². The molecular formula is C29H37NO4. The predicted octanol–water partition coefficient (Wildman–Crippen LogP) is 4.88. The van der Waals surface area contributed by atoms with Gasteiger partial charge in [0.1, 0.15) is 11.6 Å². The Labute approximate surface area is 203 Å². The summed E-state index contributed by atoms with van der Waals surface area (Å²) in [5, 5.41) is 33.1. The van der Waals surface area contributed by atoms with Crippen LogP contribution >= 0.6 is 0 Å². The molecule has 0 amide bonds. The van der Waals surface area contributed by atoms with Crippen LogP contribution in [0, 0.1) is 5.92 Å². The van der Waals surface area contributed by atoms with Gasteiger partial charge in [0.05, 0.1) is 25.9 Å². The van der Waals surface area contributed by atoms with Gasteiger partial charge in [-0.15, -0.1) is 0 Å². The Balaban J connectivity index is 2.20. The van der Waals surface area contributed by atoms with Gasteiger partial charge in [-0.2, -0.15) is 5.06 Å². The normalized spacial score (nSPS) is 14.8. The highest BCUT2D eigenvalue weighted by molar-refractivity contribution is 5.29. The van der Waals surface area contributed by atoms with Crippen LogP contribution in [-0.2, 0) is 4.84 Å². The van der Waals surface area contributed by atoms with Crippen molar-refractivity contribution >= 4 is 0 Å². The first-order chi connectivity index (χ1) is 16.5. The third-order valence-corrected chi connectivity index (χ3v) is 6.53. The number of aliphatic hydroxyl groups excluding tert-OH is 3. The zero-order valence-corrected chi connectivity index (χ0v) is 20.3. The Morgan fingerprint density at radius 1 is 0.647 bits per heavy atom. The summed E-state index contributed by atoms with van der Waals surface area (Å²) in [6, 6.07) is 29.6. The van der Waals surface area contributed by atoms with Crippen LogP contribution in [-0.4, -0.2) is 45.7 Å². The zero-order chi connectivity index (χ0) is 24.6.